The molecule has 0 unspecified atom stereocenters. The van der Waals surface area contributed by atoms with Crippen LogP contribution in [0.15, 0.2) is 11.6 Å². The number of fused-ring (bicyclic) bond motifs is 7. The van der Waals surface area contributed by atoms with E-state index in [1.165, 1.54) is 18.4 Å². The molecule has 0 bridgehead atoms. The molecule has 34 heavy (non-hydrogen) atoms. The minimum atomic E-state index is -1.76. The predicted octanol–water partition coefficient (Wildman–Crippen LogP) is 6.55. The SMILES string of the molecule is CC1(C)CC[C@]2(C)CC[C@]3(C(=O)O)C(=CC[C@@H]4[C@]5(C)[C@@H](CC[C@]43C)C(C)(C)CCC5(O)O)[C@@H]2C1. The molecule has 0 spiro atoms. The van der Waals surface area contributed by atoms with Gasteiger partial charge in [0.05, 0.1) is 5.41 Å². The fourth-order valence-electron chi connectivity index (χ4n) is 10.6. The number of carbonyl (C=O) groups is 1. The monoisotopic (exact) mass is 472 g/mol. The second kappa shape index (κ2) is 6.91. The van der Waals surface area contributed by atoms with Crippen LogP contribution in [0, 0.1) is 50.2 Å². The van der Waals surface area contributed by atoms with Gasteiger partial charge in [0.25, 0.3) is 0 Å². The van der Waals surface area contributed by atoms with Crippen molar-refractivity contribution >= 4 is 5.97 Å². The van der Waals surface area contributed by atoms with E-state index in [4.69, 9.17) is 0 Å². The molecule has 5 aliphatic rings. The van der Waals surface area contributed by atoms with Crippen LogP contribution < -0.4 is 0 Å². The van der Waals surface area contributed by atoms with Crippen molar-refractivity contribution in [2.45, 2.75) is 118 Å². The van der Waals surface area contributed by atoms with E-state index < -0.39 is 28.0 Å². The first-order chi connectivity index (χ1) is 15.5. The highest BCUT2D eigenvalue weighted by atomic mass is 16.5. The number of aliphatic carboxylic acids is 1. The van der Waals surface area contributed by atoms with Crippen LogP contribution in [0.25, 0.3) is 0 Å². The van der Waals surface area contributed by atoms with Gasteiger partial charge < -0.3 is 15.3 Å². The van der Waals surface area contributed by atoms with Gasteiger partial charge in [-0.3, -0.25) is 4.79 Å². The third-order valence-electron chi connectivity index (χ3n) is 12.9. The number of carboxylic acid groups (broad SMARTS) is 1. The van der Waals surface area contributed by atoms with E-state index in [0.29, 0.717) is 18.8 Å². The normalized spacial score (nSPS) is 50.6. The molecule has 0 aliphatic heterocycles. The van der Waals surface area contributed by atoms with Gasteiger partial charge in [-0.1, -0.05) is 60.1 Å². The first-order valence-corrected chi connectivity index (χ1v) is 13.9. The van der Waals surface area contributed by atoms with E-state index in [1.807, 2.05) is 0 Å². The standard InChI is InChI=1S/C30H48O4/c1-24(2)12-14-26(5)15-16-29(23(31)32)19(20(26)18-24)8-9-22-27(29,6)11-10-21-25(3,4)13-17-30(33,34)28(21,22)7/h8,20-22,33-34H,9-18H2,1-7H3,(H,31,32)/t20-,21-,22-,26+,27+,28-,29+/m0/s1. The Hall–Kier alpha value is -0.870. The van der Waals surface area contributed by atoms with Gasteiger partial charge in [0.15, 0.2) is 5.79 Å². The van der Waals surface area contributed by atoms with Crippen molar-refractivity contribution in [2.24, 2.45) is 50.2 Å². The van der Waals surface area contributed by atoms with Gasteiger partial charge in [-0.05, 0) is 97.2 Å². The third kappa shape index (κ3) is 2.82. The first kappa shape index (κ1) is 24.8. The van der Waals surface area contributed by atoms with Gasteiger partial charge in [0.1, 0.15) is 0 Å². The van der Waals surface area contributed by atoms with E-state index in [0.717, 1.165) is 38.5 Å². The van der Waals surface area contributed by atoms with Gasteiger partial charge in [-0.2, -0.15) is 0 Å². The Balaban J connectivity index is 1.69. The molecule has 0 aromatic rings. The molecule has 0 heterocycles. The molecule has 0 saturated heterocycles. The molecule has 5 aliphatic carbocycles. The number of rotatable bonds is 1. The van der Waals surface area contributed by atoms with Crippen molar-refractivity contribution in [2.75, 3.05) is 0 Å². The molecule has 5 rings (SSSR count). The quantitative estimate of drug-likeness (QED) is 0.298. The lowest BCUT2D eigenvalue weighted by molar-refractivity contribution is -0.339. The summed E-state index contributed by atoms with van der Waals surface area (Å²) in [5.74, 6) is -2.02. The molecule has 192 valence electrons. The van der Waals surface area contributed by atoms with Crippen LogP contribution in [-0.2, 0) is 4.79 Å². The van der Waals surface area contributed by atoms with Crippen LogP contribution >= 0.6 is 0 Å². The van der Waals surface area contributed by atoms with E-state index in [2.05, 4.69) is 54.5 Å². The van der Waals surface area contributed by atoms with Crippen molar-refractivity contribution in [3.05, 3.63) is 11.6 Å². The highest BCUT2D eigenvalue weighted by molar-refractivity contribution is 5.81. The number of allylic oxidation sites excluding steroid dienone is 1. The van der Waals surface area contributed by atoms with Crippen LogP contribution in [0.5, 0.6) is 0 Å². The van der Waals surface area contributed by atoms with Crippen molar-refractivity contribution in [1.82, 2.24) is 0 Å². The lowest BCUT2D eigenvalue weighted by Gasteiger charge is -2.71. The lowest BCUT2D eigenvalue weighted by atomic mass is 9.32. The van der Waals surface area contributed by atoms with Gasteiger partial charge >= 0.3 is 5.97 Å². The number of hydrogen-bond donors (Lipinski definition) is 3. The Morgan fingerprint density at radius 1 is 0.853 bits per heavy atom. The zero-order chi connectivity index (χ0) is 25.2. The summed E-state index contributed by atoms with van der Waals surface area (Å²) in [6.45, 7) is 16.0. The summed E-state index contributed by atoms with van der Waals surface area (Å²) in [5.41, 5.74) is -0.496. The number of carboxylic acids is 1. The smallest absolute Gasteiger partial charge is 0.314 e. The highest BCUT2D eigenvalue weighted by Crippen LogP contribution is 2.76. The Morgan fingerprint density at radius 3 is 2.15 bits per heavy atom. The molecule has 4 nitrogen and oxygen atoms in total. The summed E-state index contributed by atoms with van der Waals surface area (Å²) in [6, 6.07) is 0. The minimum absolute atomic E-state index is 0.0178. The van der Waals surface area contributed by atoms with Gasteiger partial charge in [-0.25, -0.2) is 0 Å². The lowest BCUT2D eigenvalue weighted by Crippen LogP contribution is -2.71. The summed E-state index contributed by atoms with van der Waals surface area (Å²) in [4.78, 5) is 13.5. The summed E-state index contributed by atoms with van der Waals surface area (Å²) in [7, 11) is 0. The molecule has 4 saturated carbocycles. The average molecular weight is 473 g/mol. The van der Waals surface area contributed by atoms with E-state index >= 15 is 0 Å². The second-order valence-electron chi connectivity index (χ2n) is 15.3. The van der Waals surface area contributed by atoms with Gasteiger partial charge in [0, 0.05) is 11.8 Å². The van der Waals surface area contributed by atoms with Gasteiger partial charge in [0.2, 0.25) is 0 Å². The van der Waals surface area contributed by atoms with Crippen LogP contribution in [0.3, 0.4) is 0 Å². The van der Waals surface area contributed by atoms with Crippen molar-refractivity contribution in [1.29, 1.82) is 0 Å². The molecule has 0 radical (unpaired) electrons. The molecule has 3 N–H and O–H groups in total. The predicted molar refractivity (Wildman–Crippen MR) is 134 cm³/mol. The van der Waals surface area contributed by atoms with Crippen LogP contribution in [0.2, 0.25) is 0 Å². The fraction of sp³-hybridized carbons (Fsp3) is 0.900. The van der Waals surface area contributed by atoms with E-state index in [9.17, 15) is 20.1 Å². The Labute approximate surface area is 206 Å². The summed E-state index contributed by atoms with van der Waals surface area (Å²) in [6.07, 6.45) is 11.0. The zero-order valence-corrected chi connectivity index (χ0v) is 22.6. The molecule has 0 aromatic heterocycles. The molecule has 7 atom stereocenters. The summed E-state index contributed by atoms with van der Waals surface area (Å²) in [5, 5.41) is 34.1. The molecule has 0 amide bonds. The van der Waals surface area contributed by atoms with Crippen LogP contribution in [-0.4, -0.2) is 27.1 Å². The Bertz CT molecular complexity index is 930. The molecule has 0 aromatic carbocycles. The zero-order valence-electron chi connectivity index (χ0n) is 22.6. The van der Waals surface area contributed by atoms with Crippen molar-refractivity contribution in [3.63, 3.8) is 0 Å². The van der Waals surface area contributed by atoms with Crippen LogP contribution in [0.1, 0.15) is 113 Å². The summed E-state index contributed by atoms with van der Waals surface area (Å²) < 4.78 is 0. The molecular weight excluding hydrogens is 424 g/mol. The topological polar surface area (TPSA) is 77.8 Å². The largest absolute Gasteiger partial charge is 0.481 e. The number of aliphatic hydroxyl groups is 2. The van der Waals surface area contributed by atoms with Crippen molar-refractivity contribution in [3.8, 4) is 0 Å². The minimum Gasteiger partial charge on any atom is -0.481 e. The molecule has 4 heteroatoms. The molecule has 4 fully saturated rings. The Morgan fingerprint density at radius 2 is 1.50 bits per heavy atom. The highest BCUT2D eigenvalue weighted by Gasteiger charge is 2.74. The van der Waals surface area contributed by atoms with E-state index in [-0.39, 0.29) is 28.1 Å². The van der Waals surface area contributed by atoms with E-state index in [1.54, 1.807) is 0 Å². The summed E-state index contributed by atoms with van der Waals surface area (Å²) >= 11 is 0. The number of hydrogen-bond acceptors (Lipinski definition) is 3. The third-order valence-corrected chi connectivity index (χ3v) is 12.9. The fourth-order valence-corrected chi connectivity index (χ4v) is 10.6. The van der Waals surface area contributed by atoms with Crippen LogP contribution in [0.4, 0.5) is 0 Å². The Kier molecular flexibility index (Phi) is 5.04. The second-order valence-corrected chi connectivity index (χ2v) is 15.3. The maximum atomic E-state index is 13.5. The maximum Gasteiger partial charge on any atom is 0.314 e. The van der Waals surface area contributed by atoms with Gasteiger partial charge in [-0.15, -0.1) is 0 Å². The van der Waals surface area contributed by atoms with Crippen molar-refractivity contribution < 1.29 is 20.1 Å². The average Bonchev–Trinajstić information content (AvgIpc) is 2.71. The first-order valence-electron chi connectivity index (χ1n) is 13.9. The maximum absolute atomic E-state index is 13.5. The molecular formula is C30H48O4.